The van der Waals surface area contributed by atoms with Crippen LogP contribution in [0.5, 0.6) is 0 Å². The number of hydrogen-bond acceptors (Lipinski definition) is 6. The van der Waals surface area contributed by atoms with Gasteiger partial charge in [0.25, 0.3) is 5.91 Å². The quantitative estimate of drug-likeness (QED) is 0.510. The second-order valence-corrected chi connectivity index (χ2v) is 8.62. The standard InChI is InChI=1S/C24H21N5O2S/c30-22(28-24-26-11-13-32-24)17-4-3-12-29(15-17)23(31)19-14-21(16-7-9-25-10-8-16)27-20-6-2-1-5-18(19)20/h1-2,5-11,13-14,17H,3-4,12,15H2,(H,26,28,30)/t17-/m0/s1. The van der Waals surface area contributed by atoms with Gasteiger partial charge in [0.2, 0.25) is 5.91 Å². The van der Waals surface area contributed by atoms with Crippen LogP contribution in [0.15, 0.2) is 66.4 Å². The summed E-state index contributed by atoms with van der Waals surface area (Å²) >= 11 is 1.39. The molecule has 0 bridgehead atoms. The number of carbonyl (C=O) groups excluding carboxylic acids is 2. The summed E-state index contributed by atoms with van der Waals surface area (Å²) < 4.78 is 0. The molecular weight excluding hydrogens is 422 g/mol. The SMILES string of the molecule is O=C(Nc1nccs1)[C@H]1CCCN(C(=O)c2cc(-c3ccncc3)nc3ccccc23)C1. The molecule has 0 radical (unpaired) electrons. The van der Waals surface area contributed by atoms with Crippen molar-refractivity contribution in [1.29, 1.82) is 0 Å². The third kappa shape index (κ3) is 4.09. The van der Waals surface area contributed by atoms with Gasteiger partial charge in [-0.25, -0.2) is 9.97 Å². The minimum atomic E-state index is -0.260. The van der Waals surface area contributed by atoms with Crippen molar-refractivity contribution in [2.24, 2.45) is 5.92 Å². The number of benzene rings is 1. The molecule has 2 amide bonds. The maximum absolute atomic E-state index is 13.6. The van der Waals surface area contributed by atoms with Crippen LogP contribution >= 0.6 is 11.3 Å². The number of aromatic nitrogens is 3. The van der Waals surface area contributed by atoms with Gasteiger partial charge in [0.05, 0.1) is 22.7 Å². The lowest BCUT2D eigenvalue weighted by molar-refractivity contribution is -0.121. The van der Waals surface area contributed by atoms with Crippen molar-refractivity contribution in [1.82, 2.24) is 19.9 Å². The van der Waals surface area contributed by atoms with Gasteiger partial charge in [-0.15, -0.1) is 11.3 Å². The van der Waals surface area contributed by atoms with Gasteiger partial charge in [-0.2, -0.15) is 0 Å². The van der Waals surface area contributed by atoms with E-state index in [9.17, 15) is 9.59 Å². The molecule has 0 aliphatic carbocycles. The number of nitrogens with zero attached hydrogens (tertiary/aromatic N) is 4. The summed E-state index contributed by atoms with van der Waals surface area (Å²) in [6, 6.07) is 13.3. The van der Waals surface area contributed by atoms with E-state index in [4.69, 9.17) is 4.98 Å². The van der Waals surface area contributed by atoms with Crippen molar-refractivity contribution in [3.63, 3.8) is 0 Å². The Hall–Kier alpha value is -3.65. The fraction of sp³-hybridized carbons (Fsp3) is 0.208. The fourth-order valence-corrected chi connectivity index (χ4v) is 4.59. The van der Waals surface area contributed by atoms with E-state index in [1.165, 1.54) is 11.3 Å². The molecule has 1 fully saturated rings. The van der Waals surface area contributed by atoms with Crippen LogP contribution in [0.25, 0.3) is 22.2 Å². The summed E-state index contributed by atoms with van der Waals surface area (Å²) in [5, 5.41) is 6.08. The molecule has 1 aromatic carbocycles. The van der Waals surface area contributed by atoms with Crippen LogP contribution in [-0.2, 0) is 4.79 Å². The first kappa shape index (κ1) is 20.3. The number of anilines is 1. The molecule has 1 saturated heterocycles. The molecule has 8 heteroatoms. The summed E-state index contributed by atoms with van der Waals surface area (Å²) in [5.41, 5.74) is 2.99. The van der Waals surface area contributed by atoms with Gasteiger partial charge in [0, 0.05) is 48.0 Å². The molecule has 1 aliphatic rings. The van der Waals surface area contributed by atoms with Gasteiger partial charge >= 0.3 is 0 Å². The molecule has 32 heavy (non-hydrogen) atoms. The first-order valence-electron chi connectivity index (χ1n) is 10.5. The Bertz CT molecular complexity index is 1260. The number of amides is 2. The van der Waals surface area contributed by atoms with Gasteiger partial charge in [0.15, 0.2) is 5.13 Å². The number of carbonyl (C=O) groups is 2. The molecule has 160 valence electrons. The topological polar surface area (TPSA) is 88.1 Å². The monoisotopic (exact) mass is 443 g/mol. The highest BCUT2D eigenvalue weighted by molar-refractivity contribution is 7.13. The first-order valence-corrected chi connectivity index (χ1v) is 11.4. The van der Waals surface area contributed by atoms with E-state index in [1.54, 1.807) is 23.5 Å². The maximum Gasteiger partial charge on any atom is 0.254 e. The highest BCUT2D eigenvalue weighted by Gasteiger charge is 2.30. The maximum atomic E-state index is 13.6. The number of rotatable bonds is 4. The van der Waals surface area contributed by atoms with E-state index in [2.05, 4.69) is 15.3 Å². The predicted molar refractivity (Wildman–Crippen MR) is 124 cm³/mol. The first-order chi connectivity index (χ1) is 15.7. The summed E-state index contributed by atoms with van der Waals surface area (Å²) in [5.74, 6) is -0.426. The van der Waals surface area contributed by atoms with Crippen LogP contribution in [0.1, 0.15) is 23.2 Å². The average Bonchev–Trinajstić information content (AvgIpc) is 3.36. The van der Waals surface area contributed by atoms with E-state index in [-0.39, 0.29) is 17.7 Å². The molecule has 7 nitrogen and oxygen atoms in total. The van der Waals surface area contributed by atoms with Crippen molar-refractivity contribution in [2.75, 3.05) is 18.4 Å². The molecule has 1 aliphatic heterocycles. The number of thiazole rings is 1. The fourth-order valence-electron chi connectivity index (χ4n) is 4.06. The highest BCUT2D eigenvalue weighted by Crippen LogP contribution is 2.27. The van der Waals surface area contributed by atoms with Crippen molar-refractivity contribution >= 4 is 39.2 Å². The number of fused-ring (bicyclic) bond motifs is 1. The molecule has 3 aromatic heterocycles. The minimum Gasteiger partial charge on any atom is -0.338 e. The van der Waals surface area contributed by atoms with E-state index in [1.807, 2.05) is 47.8 Å². The van der Waals surface area contributed by atoms with Crippen LogP contribution in [0.3, 0.4) is 0 Å². The minimum absolute atomic E-state index is 0.0781. The Labute approximate surface area is 189 Å². The summed E-state index contributed by atoms with van der Waals surface area (Å²) in [6.07, 6.45) is 6.61. The van der Waals surface area contributed by atoms with E-state index < -0.39 is 0 Å². The Morgan fingerprint density at radius 1 is 1.09 bits per heavy atom. The smallest absolute Gasteiger partial charge is 0.254 e. The number of pyridine rings is 2. The third-order valence-corrected chi connectivity index (χ3v) is 6.35. The molecule has 0 saturated carbocycles. The van der Waals surface area contributed by atoms with Crippen LogP contribution in [0.2, 0.25) is 0 Å². The zero-order chi connectivity index (χ0) is 21.9. The molecular formula is C24H21N5O2S. The zero-order valence-electron chi connectivity index (χ0n) is 17.3. The second kappa shape index (κ2) is 8.84. The van der Waals surface area contributed by atoms with Crippen molar-refractivity contribution in [3.8, 4) is 11.3 Å². The van der Waals surface area contributed by atoms with Gasteiger partial charge in [-0.05, 0) is 37.1 Å². The summed E-state index contributed by atoms with van der Waals surface area (Å²) in [4.78, 5) is 41.1. The highest BCUT2D eigenvalue weighted by atomic mass is 32.1. The summed E-state index contributed by atoms with van der Waals surface area (Å²) in [6.45, 7) is 1.01. The van der Waals surface area contributed by atoms with Crippen molar-refractivity contribution in [3.05, 3.63) is 72.0 Å². The molecule has 4 aromatic rings. The van der Waals surface area contributed by atoms with E-state index in [0.29, 0.717) is 23.8 Å². The predicted octanol–water partition coefficient (Wildman–Crippen LogP) is 4.24. The van der Waals surface area contributed by atoms with Gasteiger partial charge < -0.3 is 10.2 Å². The Balaban J connectivity index is 1.44. The Morgan fingerprint density at radius 2 is 1.94 bits per heavy atom. The number of likely N-dealkylation sites (tertiary alicyclic amines) is 1. The van der Waals surface area contributed by atoms with Crippen LogP contribution in [0.4, 0.5) is 5.13 Å². The molecule has 1 N–H and O–H groups in total. The largest absolute Gasteiger partial charge is 0.338 e. The van der Waals surface area contributed by atoms with Crippen molar-refractivity contribution < 1.29 is 9.59 Å². The van der Waals surface area contributed by atoms with Crippen LogP contribution in [-0.4, -0.2) is 44.8 Å². The van der Waals surface area contributed by atoms with E-state index >= 15 is 0 Å². The molecule has 0 spiro atoms. The lowest BCUT2D eigenvalue weighted by Crippen LogP contribution is -2.43. The van der Waals surface area contributed by atoms with Gasteiger partial charge in [-0.3, -0.25) is 14.6 Å². The van der Waals surface area contributed by atoms with Crippen LogP contribution < -0.4 is 5.32 Å². The Kier molecular flexibility index (Phi) is 5.60. The lowest BCUT2D eigenvalue weighted by atomic mass is 9.95. The summed E-state index contributed by atoms with van der Waals surface area (Å²) in [7, 11) is 0. The Morgan fingerprint density at radius 3 is 2.75 bits per heavy atom. The van der Waals surface area contributed by atoms with Gasteiger partial charge in [-0.1, -0.05) is 18.2 Å². The number of piperidine rings is 1. The molecule has 4 heterocycles. The van der Waals surface area contributed by atoms with Crippen molar-refractivity contribution in [2.45, 2.75) is 12.8 Å². The van der Waals surface area contributed by atoms with Gasteiger partial charge in [0.1, 0.15) is 0 Å². The normalized spacial score (nSPS) is 16.1. The average molecular weight is 444 g/mol. The lowest BCUT2D eigenvalue weighted by Gasteiger charge is -2.32. The van der Waals surface area contributed by atoms with Crippen LogP contribution in [0, 0.1) is 5.92 Å². The number of hydrogen-bond donors (Lipinski definition) is 1. The number of nitrogens with one attached hydrogen (secondary N) is 1. The van der Waals surface area contributed by atoms with E-state index in [0.717, 1.165) is 35.0 Å². The second-order valence-electron chi connectivity index (χ2n) is 7.72. The third-order valence-electron chi connectivity index (χ3n) is 5.66. The number of para-hydroxylation sites is 1. The molecule has 1 atom stereocenters. The molecule has 0 unspecified atom stereocenters. The molecule has 5 rings (SSSR count). The zero-order valence-corrected chi connectivity index (χ0v) is 18.1.